The van der Waals surface area contributed by atoms with Crippen molar-refractivity contribution in [2.24, 2.45) is 0 Å². The van der Waals surface area contributed by atoms with Crippen LogP contribution in [-0.4, -0.2) is 30.3 Å². The van der Waals surface area contributed by atoms with Crippen LogP contribution in [0.25, 0.3) is 0 Å². The zero-order valence-corrected chi connectivity index (χ0v) is 9.19. The number of aliphatic hydroxyl groups excluding tert-OH is 1. The van der Waals surface area contributed by atoms with Crippen LogP contribution in [0.15, 0.2) is 11.3 Å². The van der Waals surface area contributed by atoms with E-state index in [-0.39, 0.29) is 24.2 Å². The Morgan fingerprint density at radius 3 is 2.93 bits per heavy atom. The average molecular weight is 222 g/mol. The summed E-state index contributed by atoms with van der Waals surface area (Å²) in [6, 6.07) is 0.218. The van der Waals surface area contributed by atoms with Crippen molar-refractivity contribution in [2.75, 3.05) is 13.2 Å². The van der Waals surface area contributed by atoms with Crippen LogP contribution in [-0.2, 0) is 9.53 Å². The summed E-state index contributed by atoms with van der Waals surface area (Å²) in [4.78, 5) is 11.3. The zero-order chi connectivity index (χ0) is 9.84. The molecule has 0 spiro atoms. The topological polar surface area (TPSA) is 58.6 Å². The molecule has 1 rings (SSSR count). The van der Waals surface area contributed by atoms with Crippen molar-refractivity contribution in [1.29, 1.82) is 0 Å². The minimum Gasteiger partial charge on any atom is -0.510 e. The van der Waals surface area contributed by atoms with Crippen LogP contribution in [0, 0.1) is 0 Å². The molecule has 0 aromatic rings. The Hall–Kier alpha value is -0.740. The third-order valence-electron chi connectivity index (χ3n) is 2.00. The SMILES string of the molecule is CCOC(=O)C1=C(O)CN[C@H](C)C1.Cl. The molecule has 0 aromatic carbocycles. The van der Waals surface area contributed by atoms with Gasteiger partial charge in [-0.2, -0.15) is 0 Å². The minimum atomic E-state index is -0.395. The molecule has 4 nitrogen and oxygen atoms in total. The molecule has 2 N–H and O–H groups in total. The van der Waals surface area contributed by atoms with Gasteiger partial charge in [-0.05, 0) is 20.3 Å². The lowest BCUT2D eigenvalue weighted by atomic mass is 10.0. The molecule has 1 atom stereocenters. The van der Waals surface area contributed by atoms with Gasteiger partial charge in [0.15, 0.2) is 0 Å². The summed E-state index contributed by atoms with van der Waals surface area (Å²) >= 11 is 0. The molecule has 82 valence electrons. The van der Waals surface area contributed by atoms with Gasteiger partial charge < -0.3 is 15.2 Å². The molecular weight excluding hydrogens is 206 g/mol. The number of carbonyl (C=O) groups is 1. The molecular formula is C9H16ClNO3. The zero-order valence-electron chi connectivity index (χ0n) is 8.37. The first kappa shape index (κ1) is 13.3. The van der Waals surface area contributed by atoms with E-state index < -0.39 is 5.97 Å². The van der Waals surface area contributed by atoms with Crippen LogP contribution in [0.5, 0.6) is 0 Å². The third-order valence-corrected chi connectivity index (χ3v) is 2.00. The minimum absolute atomic E-state index is 0. The van der Waals surface area contributed by atoms with Gasteiger partial charge in [0.1, 0.15) is 5.76 Å². The molecule has 0 bridgehead atoms. The Kier molecular flexibility index (Phi) is 5.57. The van der Waals surface area contributed by atoms with Crippen LogP contribution in [0.2, 0.25) is 0 Å². The summed E-state index contributed by atoms with van der Waals surface area (Å²) in [5.41, 5.74) is 0.410. The van der Waals surface area contributed by atoms with Crippen molar-refractivity contribution in [3.63, 3.8) is 0 Å². The largest absolute Gasteiger partial charge is 0.510 e. The number of halogens is 1. The number of ether oxygens (including phenoxy) is 1. The number of aliphatic hydroxyl groups is 1. The van der Waals surface area contributed by atoms with E-state index in [1.807, 2.05) is 6.92 Å². The first-order chi connectivity index (χ1) is 6.15. The summed E-state index contributed by atoms with van der Waals surface area (Å²) in [7, 11) is 0. The lowest BCUT2D eigenvalue weighted by Gasteiger charge is -2.21. The molecule has 0 fully saturated rings. The standard InChI is InChI=1S/C9H15NO3.ClH/c1-3-13-9(12)7-4-6(2)10-5-8(7)11;/h6,10-11H,3-5H2,1-2H3;1H/t6-;/m1./s1. The second-order valence-electron chi connectivity index (χ2n) is 3.13. The van der Waals surface area contributed by atoms with Gasteiger partial charge in [0.05, 0.1) is 18.7 Å². The molecule has 5 heteroatoms. The van der Waals surface area contributed by atoms with Gasteiger partial charge in [0.25, 0.3) is 0 Å². The maximum Gasteiger partial charge on any atom is 0.337 e. The average Bonchev–Trinajstić information content (AvgIpc) is 2.09. The second kappa shape index (κ2) is 5.88. The van der Waals surface area contributed by atoms with Crippen LogP contribution in [0.4, 0.5) is 0 Å². The van der Waals surface area contributed by atoms with Crippen LogP contribution in [0.3, 0.4) is 0 Å². The highest BCUT2D eigenvalue weighted by Gasteiger charge is 2.23. The highest BCUT2D eigenvalue weighted by molar-refractivity contribution is 5.89. The predicted molar refractivity (Wildman–Crippen MR) is 55.6 cm³/mol. The van der Waals surface area contributed by atoms with Crippen LogP contribution >= 0.6 is 12.4 Å². The van der Waals surface area contributed by atoms with E-state index in [0.29, 0.717) is 25.1 Å². The number of esters is 1. The van der Waals surface area contributed by atoms with Gasteiger partial charge in [-0.25, -0.2) is 4.79 Å². The number of nitrogens with one attached hydrogen (secondary N) is 1. The van der Waals surface area contributed by atoms with Crippen LogP contribution in [0.1, 0.15) is 20.3 Å². The lowest BCUT2D eigenvalue weighted by Crippen LogP contribution is -2.35. The van der Waals surface area contributed by atoms with Crippen molar-refractivity contribution < 1.29 is 14.6 Å². The molecule has 1 aliphatic heterocycles. The fourth-order valence-electron chi connectivity index (χ4n) is 1.29. The van der Waals surface area contributed by atoms with Crippen molar-refractivity contribution in [3.05, 3.63) is 11.3 Å². The highest BCUT2D eigenvalue weighted by Crippen LogP contribution is 2.15. The Balaban J connectivity index is 0.00000169. The van der Waals surface area contributed by atoms with E-state index in [1.54, 1.807) is 6.92 Å². The molecule has 14 heavy (non-hydrogen) atoms. The molecule has 0 aromatic heterocycles. The van der Waals surface area contributed by atoms with Crippen molar-refractivity contribution in [1.82, 2.24) is 5.32 Å². The summed E-state index contributed by atoms with van der Waals surface area (Å²) in [5, 5.41) is 12.4. The van der Waals surface area contributed by atoms with Crippen molar-refractivity contribution in [3.8, 4) is 0 Å². The van der Waals surface area contributed by atoms with Crippen molar-refractivity contribution in [2.45, 2.75) is 26.3 Å². The Labute approximate surface area is 89.7 Å². The highest BCUT2D eigenvalue weighted by atomic mass is 35.5. The summed E-state index contributed by atoms with van der Waals surface area (Å²) < 4.78 is 4.82. The van der Waals surface area contributed by atoms with Gasteiger partial charge >= 0.3 is 5.97 Å². The fraction of sp³-hybridized carbons (Fsp3) is 0.667. The maximum atomic E-state index is 11.3. The fourth-order valence-corrected chi connectivity index (χ4v) is 1.29. The molecule has 0 unspecified atom stereocenters. The second-order valence-corrected chi connectivity index (χ2v) is 3.13. The summed E-state index contributed by atoms with van der Waals surface area (Å²) in [6.07, 6.45) is 0.532. The van der Waals surface area contributed by atoms with E-state index in [1.165, 1.54) is 0 Å². The lowest BCUT2D eigenvalue weighted by molar-refractivity contribution is -0.139. The molecule has 1 heterocycles. The van der Waals surface area contributed by atoms with Gasteiger partial charge in [-0.1, -0.05) is 0 Å². The van der Waals surface area contributed by atoms with E-state index in [0.717, 1.165) is 0 Å². The van der Waals surface area contributed by atoms with E-state index >= 15 is 0 Å². The number of rotatable bonds is 2. The Bertz CT molecular complexity index is 240. The summed E-state index contributed by atoms with van der Waals surface area (Å²) in [5.74, 6) is -0.287. The molecule has 1 aliphatic rings. The first-order valence-corrected chi connectivity index (χ1v) is 4.46. The Morgan fingerprint density at radius 1 is 1.71 bits per heavy atom. The number of hydrogen-bond acceptors (Lipinski definition) is 4. The Morgan fingerprint density at radius 2 is 2.36 bits per heavy atom. The normalized spacial score (nSPS) is 21.4. The van der Waals surface area contributed by atoms with Crippen molar-refractivity contribution >= 4 is 18.4 Å². The monoisotopic (exact) mass is 221 g/mol. The smallest absolute Gasteiger partial charge is 0.337 e. The maximum absolute atomic E-state index is 11.3. The van der Waals surface area contributed by atoms with Gasteiger partial charge in [-0.3, -0.25) is 0 Å². The van der Waals surface area contributed by atoms with Gasteiger partial charge in [0.2, 0.25) is 0 Å². The third kappa shape index (κ3) is 3.20. The quantitative estimate of drug-likeness (QED) is 0.688. The molecule has 0 saturated carbocycles. The molecule has 0 saturated heterocycles. The van der Waals surface area contributed by atoms with Gasteiger partial charge in [0, 0.05) is 6.04 Å². The number of hydrogen-bond donors (Lipinski definition) is 2. The molecule has 0 radical (unpaired) electrons. The first-order valence-electron chi connectivity index (χ1n) is 4.46. The van der Waals surface area contributed by atoms with Gasteiger partial charge in [-0.15, -0.1) is 12.4 Å². The number of carbonyl (C=O) groups excluding carboxylic acids is 1. The van der Waals surface area contributed by atoms with E-state index in [2.05, 4.69) is 5.32 Å². The molecule has 0 amide bonds. The molecule has 0 aliphatic carbocycles. The van der Waals surface area contributed by atoms with Crippen LogP contribution < -0.4 is 5.32 Å². The summed E-state index contributed by atoms with van der Waals surface area (Å²) in [6.45, 7) is 4.42. The van der Waals surface area contributed by atoms with E-state index in [9.17, 15) is 9.90 Å². The predicted octanol–water partition coefficient (Wildman–Crippen LogP) is 1.17. The van der Waals surface area contributed by atoms with E-state index in [4.69, 9.17) is 4.74 Å².